The van der Waals surface area contributed by atoms with Crippen molar-refractivity contribution in [2.75, 3.05) is 0 Å². The summed E-state index contributed by atoms with van der Waals surface area (Å²) < 4.78 is 0. The average molecular weight is 544 g/mol. The van der Waals surface area contributed by atoms with Crippen molar-refractivity contribution in [2.24, 2.45) is 0 Å². The molecule has 0 radical (unpaired) electrons. The Morgan fingerprint density at radius 3 is 0.882 bits per heavy atom. The van der Waals surface area contributed by atoms with Gasteiger partial charge < -0.3 is 0 Å². The lowest BCUT2D eigenvalue weighted by atomic mass is 9.84. The summed E-state index contributed by atoms with van der Waals surface area (Å²) in [6.07, 6.45) is 2.06. The quantitative estimate of drug-likeness (QED) is 0.367. The van der Waals surface area contributed by atoms with Crippen LogP contribution in [-0.4, -0.2) is 45.5 Å². The Labute approximate surface area is 217 Å². The predicted molar refractivity (Wildman–Crippen MR) is 134 cm³/mol. The predicted octanol–water partition coefficient (Wildman–Crippen LogP) is 7.02. The fourth-order valence-corrected chi connectivity index (χ4v) is 6.15. The van der Waals surface area contributed by atoms with E-state index in [1.54, 1.807) is 0 Å². The van der Waals surface area contributed by atoms with Crippen molar-refractivity contribution in [3.05, 3.63) is 42.3 Å². The molecule has 0 aromatic heterocycles. The molecule has 180 valence electrons. The highest BCUT2D eigenvalue weighted by molar-refractivity contribution is 6.54. The zero-order valence-corrected chi connectivity index (χ0v) is 22.0. The maximum atomic E-state index is 13.6. The number of carbonyl (C=O) groups is 4. The maximum absolute atomic E-state index is 13.6. The SMILES string of the molecule is CCC(CC)N1C(=O)c2c(Cl)c(Cl)c3c4c(c(Cl)c(Cl)c(c24)C1=O)C(=O)N(C(CC)CC)C3=O. The molecule has 0 bridgehead atoms. The van der Waals surface area contributed by atoms with Gasteiger partial charge in [-0.05, 0) is 25.7 Å². The summed E-state index contributed by atoms with van der Waals surface area (Å²) >= 11 is 26.4. The van der Waals surface area contributed by atoms with Gasteiger partial charge in [0.2, 0.25) is 0 Å². The number of nitrogens with zero attached hydrogens (tertiary/aromatic N) is 2. The number of rotatable bonds is 6. The summed E-state index contributed by atoms with van der Waals surface area (Å²) in [6.45, 7) is 7.43. The topological polar surface area (TPSA) is 74.8 Å². The molecular formula is C24H22Cl4N2O4. The van der Waals surface area contributed by atoms with Gasteiger partial charge >= 0.3 is 0 Å². The highest BCUT2D eigenvalue weighted by Gasteiger charge is 2.47. The summed E-state index contributed by atoms with van der Waals surface area (Å²) in [5.74, 6) is -2.57. The molecule has 10 heteroatoms. The van der Waals surface area contributed by atoms with Gasteiger partial charge in [-0.15, -0.1) is 0 Å². The van der Waals surface area contributed by atoms with E-state index in [0.717, 1.165) is 9.80 Å². The molecule has 0 atom stereocenters. The molecule has 2 aromatic carbocycles. The molecule has 2 aliphatic rings. The second kappa shape index (κ2) is 8.98. The van der Waals surface area contributed by atoms with E-state index < -0.39 is 35.7 Å². The van der Waals surface area contributed by atoms with E-state index in [0.29, 0.717) is 25.7 Å². The second-order valence-corrected chi connectivity index (χ2v) is 9.92. The number of amides is 4. The van der Waals surface area contributed by atoms with Crippen LogP contribution in [0.5, 0.6) is 0 Å². The van der Waals surface area contributed by atoms with E-state index in [9.17, 15) is 19.2 Å². The van der Waals surface area contributed by atoms with Crippen molar-refractivity contribution in [2.45, 2.75) is 65.5 Å². The summed E-state index contributed by atoms with van der Waals surface area (Å²) in [5, 5.41) is -0.523. The smallest absolute Gasteiger partial charge is 0.263 e. The van der Waals surface area contributed by atoms with Crippen LogP contribution in [0.15, 0.2) is 0 Å². The first-order chi connectivity index (χ1) is 16.1. The van der Waals surface area contributed by atoms with Crippen LogP contribution in [0.3, 0.4) is 0 Å². The first kappa shape index (κ1) is 25.2. The molecule has 0 saturated carbocycles. The van der Waals surface area contributed by atoms with Crippen LogP contribution in [0.25, 0.3) is 10.8 Å². The molecule has 4 rings (SSSR count). The van der Waals surface area contributed by atoms with Crippen molar-refractivity contribution >= 4 is 80.8 Å². The molecule has 0 aliphatic carbocycles. The van der Waals surface area contributed by atoms with Crippen LogP contribution in [0.4, 0.5) is 0 Å². The van der Waals surface area contributed by atoms with E-state index >= 15 is 0 Å². The molecule has 0 fully saturated rings. The van der Waals surface area contributed by atoms with Gasteiger partial charge in [-0.25, -0.2) is 0 Å². The third-order valence-electron chi connectivity index (χ3n) is 6.86. The fraction of sp³-hybridized carbons (Fsp3) is 0.417. The van der Waals surface area contributed by atoms with E-state index in [1.165, 1.54) is 0 Å². The first-order valence-corrected chi connectivity index (χ1v) is 12.7. The van der Waals surface area contributed by atoms with Gasteiger partial charge in [-0.1, -0.05) is 74.1 Å². The Morgan fingerprint density at radius 1 is 0.500 bits per heavy atom. The fourth-order valence-electron chi connectivity index (χ4n) is 5.07. The Bertz CT molecular complexity index is 1120. The number of carbonyl (C=O) groups excluding carboxylic acids is 4. The molecule has 2 heterocycles. The Morgan fingerprint density at radius 2 is 0.706 bits per heavy atom. The highest BCUT2D eigenvalue weighted by Crippen LogP contribution is 2.51. The Balaban J connectivity index is 2.19. The number of imide groups is 2. The minimum absolute atomic E-state index is 0.0525. The lowest BCUT2D eigenvalue weighted by Crippen LogP contribution is -2.49. The van der Waals surface area contributed by atoms with Gasteiger partial charge in [0.25, 0.3) is 23.6 Å². The summed E-state index contributed by atoms with van der Waals surface area (Å²) in [7, 11) is 0. The molecule has 4 amide bonds. The zero-order chi connectivity index (χ0) is 25.2. The average Bonchev–Trinajstić information content (AvgIpc) is 2.80. The third kappa shape index (κ3) is 3.15. The third-order valence-corrected chi connectivity index (χ3v) is 8.56. The van der Waals surface area contributed by atoms with Gasteiger partial charge in [0, 0.05) is 22.9 Å². The largest absolute Gasteiger partial charge is 0.271 e. The monoisotopic (exact) mass is 542 g/mol. The van der Waals surface area contributed by atoms with Crippen molar-refractivity contribution < 1.29 is 19.2 Å². The van der Waals surface area contributed by atoms with Crippen molar-refractivity contribution in [1.82, 2.24) is 9.80 Å². The first-order valence-electron chi connectivity index (χ1n) is 11.2. The molecule has 0 spiro atoms. The second-order valence-electron chi connectivity index (χ2n) is 8.41. The molecule has 2 aromatic rings. The molecule has 2 aliphatic heterocycles. The Hall–Kier alpha value is -1.86. The molecule has 0 unspecified atom stereocenters. The lowest BCUT2D eigenvalue weighted by Gasteiger charge is -2.38. The number of benzene rings is 2. The minimum atomic E-state index is -0.642. The van der Waals surface area contributed by atoms with E-state index in [4.69, 9.17) is 46.4 Å². The van der Waals surface area contributed by atoms with Crippen LogP contribution in [-0.2, 0) is 0 Å². The maximum Gasteiger partial charge on any atom is 0.263 e. The van der Waals surface area contributed by atoms with Gasteiger partial charge in [0.15, 0.2) is 0 Å². The van der Waals surface area contributed by atoms with Gasteiger partial charge in [-0.2, -0.15) is 0 Å². The Kier molecular flexibility index (Phi) is 6.66. The van der Waals surface area contributed by atoms with Crippen LogP contribution >= 0.6 is 46.4 Å². The summed E-state index contributed by atoms with van der Waals surface area (Å²) in [4.78, 5) is 56.7. The zero-order valence-electron chi connectivity index (χ0n) is 19.0. The van der Waals surface area contributed by atoms with Crippen LogP contribution in [0.1, 0.15) is 94.8 Å². The summed E-state index contributed by atoms with van der Waals surface area (Å²) in [6, 6.07) is -0.817. The highest BCUT2D eigenvalue weighted by atomic mass is 35.5. The molecule has 34 heavy (non-hydrogen) atoms. The number of hydrogen-bond acceptors (Lipinski definition) is 4. The number of halogens is 4. The minimum Gasteiger partial charge on any atom is -0.271 e. The lowest BCUT2D eigenvalue weighted by molar-refractivity contribution is 0.0508. The van der Waals surface area contributed by atoms with Gasteiger partial charge in [0.1, 0.15) is 0 Å². The standard InChI is InChI=1S/C24H22Cl4N2O4/c1-5-9(6-2)29-21(31)13-11-12-15(19(27)17(13)25)23(33)30(10(7-3)8-4)24(34)16(12)20(28)18(26)14(11)22(29)32/h9-10H,5-8H2,1-4H3. The van der Waals surface area contributed by atoms with Crippen LogP contribution < -0.4 is 0 Å². The normalized spacial score (nSPS) is 15.6. The van der Waals surface area contributed by atoms with E-state index in [2.05, 4.69) is 0 Å². The molecular weight excluding hydrogens is 522 g/mol. The molecule has 6 nitrogen and oxygen atoms in total. The van der Waals surface area contributed by atoms with E-state index in [1.807, 2.05) is 27.7 Å². The van der Waals surface area contributed by atoms with Crippen molar-refractivity contribution in [3.8, 4) is 0 Å². The van der Waals surface area contributed by atoms with Crippen molar-refractivity contribution in [1.29, 1.82) is 0 Å². The van der Waals surface area contributed by atoms with Gasteiger partial charge in [-0.3, -0.25) is 29.0 Å². The molecule has 0 saturated heterocycles. The van der Waals surface area contributed by atoms with Crippen LogP contribution in [0, 0.1) is 0 Å². The van der Waals surface area contributed by atoms with Crippen LogP contribution in [0.2, 0.25) is 20.1 Å². The van der Waals surface area contributed by atoms with Gasteiger partial charge in [0.05, 0.1) is 42.3 Å². The number of hydrogen-bond donors (Lipinski definition) is 0. The van der Waals surface area contributed by atoms with Crippen molar-refractivity contribution in [3.63, 3.8) is 0 Å². The summed E-state index contributed by atoms with van der Waals surface area (Å²) in [5.41, 5.74) is -0.210. The molecule has 0 N–H and O–H groups in total. The van der Waals surface area contributed by atoms with E-state index in [-0.39, 0.29) is 53.1 Å².